The van der Waals surface area contributed by atoms with Crippen LogP contribution in [0.5, 0.6) is 11.5 Å². The summed E-state index contributed by atoms with van der Waals surface area (Å²) in [6.07, 6.45) is 4.36. The largest absolute Gasteiger partial charge is 0.497 e. The summed E-state index contributed by atoms with van der Waals surface area (Å²) in [4.78, 5) is 0.313. The van der Waals surface area contributed by atoms with Crippen molar-refractivity contribution in [3.05, 3.63) is 36.2 Å². The molecule has 28 heavy (non-hydrogen) atoms. The minimum atomic E-state index is -3.61. The van der Waals surface area contributed by atoms with Crippen molar-refractivity contribution in [1.82, 2.24) is 14.1 Å². The minimum absolute atomic E-state index is 0.0540. The van der Waals surface area contributed by atoms with Crippen molar-refractivity contribution in [3.63, 3.8) is 0 Å². The van der Waals surface area contributed by atoms with Crippen LogP contribution in [-0.2, 0) is 16.6 Å². The number of methoxy groups -OCH3 is 1. The fraction of sp³-hybridized carbons (Fsp3) is 0.550. The summed E-state index contributed by atoms with van der Waals surface area (Å²) < 4.78 is 41.6. The molecule has 0 amide bonds. The first-order valence-electron chi connectivity index (χ1n) is 9.78. The lowest BCUT2D eigenvalue weighted by Gasteiger charge is -2.34. The maximum Gasteiger partial charge on any atom is 0.247 e. The van der Waals surface area contributed by atoms with E-state index < -0.39 is 10.0 Å². The number of ether oxygens (including phenoxy) is 2. The Morgan fingerprint density at radius 1 is 1.25 bits per heavy atom. The van der Waals surface area contributed by atoms with Crippen molar-refractivity contribution in [1.29, 1.82) is 0 Å². The van der Waals surface area contributed by atoms with Crippen molar-refractivity contribution in [2.75, 3.05) is 13.7 Å². The van der Waals surface area contributed by atoms with Gasteiger partial charge >= 0.3 is 0 Å². The molecule has 0 N–H and O–H groups in total. The number of piperidine rings is 1. The third-order valence-electron chi connectivity index (χ3n) is 6.05. The average Bonchev–Trinajstić information content (AvgIpc) is 3.40. The molecule has 2 bridgehead atoms. The fourth-order valence-electron chi connectivity index (χ4n) is 4.62. The van der Waals surface area contributed by atoms with Crippen LogP contribution in [0.15, 0.2) is 35.4 Å². The second-order valence-corrected chi connectivity index (χ2v) is 9.34. The first-order valence-corrected chi connectivity index (χ1v) is 11.2. The Labute approximate surface area is 166 Å². The highest BCUT2D eigenvalue weighted by Gasteiger charge is 2.52. The van der Waals surface area contributed by atoms with Gasteiger partial charge in [0.05, 0.1) is 25.0 Å². The highest BCUT2D eigenvalue weighted by Crippen LogP contribution is 2.45. The summed E-state index contributed by atoms with van der Waals surface area (Å²) in [7, 11) is -2.00. The SMILES string of the molecule is CCn1ncc(S(=O)(=O)N2[C@@H]3CC[C@H](C3)[C@@H]2COc2cccc(OC)c2)c1C. The number of aryl methyl sites for hydroxylation is 1. The van der Waals surface area contributed by atoms with Crippen LogP contribution in [0.25, 0.3) is 0 Å². The highest BCUT2D eigenvalue weighted by atomic mass is 32.2. The van der Waals surface area contributed by atoms with Gasteiger partial charge in [0, 0.05) is 18.7 Å². The second kappa shape index (κ2) is 7.40. The molecule has 0 spiro atoms. The number of hydrogen-bond donors (Lipinski definition) is 0. The molecule has 2 aromatic rings. The Morgan fingerprint density at radius 3 is 2.75 bits per heavy atom. The van der Waals surface area contributed by atoms with E-state index in [2.05, 4.69) is 5.10 Å². The van der Waals surface area contributed by atoms with E-state index in [0.717, 1.165) is 25.0 Å². The van der Waals surface area contributed by atoms with Crippen molar-refractivity contribution in [3.8, 4) is 11.5 Å². The van der Waals surface area contributed by atoms with Crippen LogP contribution >= 0.6 is 0 Å². The Kier molecular flexibility index (Phi) is 5.09. The molecule has 1 aromatic carbocycles. The maximum atomic E-state index is 13.5. The van der Waals surface area contributed by atoms with Gasteiger partial charge in [-0.25, -0.2) is 8.42 Å². The number of benzene rings is 1. The van der Waals surface area contributed by atoms with E-state index in [9.17, 15) is 8.42 Å². The number of aromatic nitrogens is 2. The van der Waals surface area contributed by atoms with E-state index >= 15 is 0 Å². The Hall–Kier alpha value is -2.06. The first-order chi connectivity index (χ1) is 13.5. The fourth-order valence-corrected chi connectivity index (χ4v) is 6.68. The van der Waals surface area contributed by atoms with Crippen molar-refractivity contribution >= 4 is 10.0 Å². The first kappa shape index (κ1) is 19.3. The van der Waals surface area contributed by atoms with Crippen molar-refractivity contribution < 1.29 is 17.9 Å². The Bertz CT molecular complexity index is 956. The minimum Gasteiger partial charge on any atom is -0.497 e. The zero-order chi connectivity index (χ0) is 19.9. The number of sulfonamides is 1. The average molecular weight is 406 g/mol. The lowest BCUT2D eigenvalue weighted by Crippen LogP contribution is -2.47. The Balaban J connectivity index is 1.59. The van der Waals surface area contributed by atoms with Gasteiger partial charge in [-0.1, -0.05) is 6.07 Å². The molecule has 0 radical (unpaired) electrons. The lowest BCUT2D eigenvalue weighted by atomic mass is 10.0. The van der Waals surface area contributed by atoms with Crippen LogP contribution < -0.4 is 9.47 Å². The van der Waals surface area contributed by atoms with Gasteiger partial charge in [0.15, 0.2) is 0 Å². The lowest BCUT2D eigenvalue weighted by molar-refractivity contribution is 0.162. The molecule has 2 fully saturated rings. The van der Waals surface area contributed by atoms with Gasteiger partial charge in [-0.05, 0) is 51.2 Å². The van der Waals surface area contributed by atoms with Gasteiger partial charge in [-0.2, -0.15) is 9.40 Å². The van der Waals surface area contributed by atoms with Crippen molar-refractivity contribution in [2.45, 2.75) is 56.6 Å². The summed E-state index contributed by atoms with van der Waals surface area (Å²) in [5.41, 5.74) is 0.692. The van der Waals surface area contributed by atoms with E-state index in [1.54, 1.807) is 16.1 Å². The number of fused-ring (bicyclic) bond motifs is 2. The van der Waals surface area contributed by atoms with Gasteiger partial charge in [0.25, 0.3) is 0 Å². The van der Waals surface area contributed by atoms with Gasteiger partial charge < -0.3 is 9.47 Å². The van der Waals surface area contributed by atoms with E-state index in [-0.39, 0.29) is 12.1 Å². The molecule has 8 heteroatoms. The molecule has 1 aromatic heterocycles. The molecule has 2 aliphatic rings. The van der Waals surface area contributed by atoms with E-state index in [1.807, 2.05) is 38.1 Å². The Morgan fingerprint density at radius 2 is 2.04 bits per heavy atom. The molecule has 4 rings (SSSR count). The summed E-state index contributed by atoms with van der Waals surface area (Å²) in [5.74, 6) is 1.75. The summed E-state index contributed by atoms with van der Waals surface area (Å²) >= 11 is 0. The number of nitrogens with zero attached hydrogens (tertiary/aromatic N) is 3. The van der Waals surface area contributed by atoms with Crippen LogP contribution in [0.2, 0.25) is 0 Å². The van der Waals surface area contributed by atoms with Crippen LogP contribution in [0.3, 0.4) is 0 Å². The predicted molar refractivity (Wildman–Crippen MR) is 105 cm³/mol. The normalized spacial score (nSPS) is 24.6. The summed E-state index contributed by atoms with van der Waals surface area (Å²) in [6.45, 7) is 4.77. The van der Waals surface area contributed by atoms with Gasteiger partial charge in [0.2, 0.25) is 10.0 Å². The van der Waals surface area contributed by atoms with Gasteiger partial charge in [0.1, 0.15) is 23.0 Å². The molecule has 7 nitrogen and oxygen atoms in total. The molecule has 2 heterocycles. The van der Waals surface area contributed by atoms with Gasteiger partial charge in [-0.3, -0.25) is 4.68 Å². The van der Waals surface area contributed by atoms with E-state index in [4.69, 9.17) is 9.47 Å². The molecule has 0 unspecified atom stereocenters. The highest BCUT2D eigenvalue weighted by molar-refractivity contribution is 7.89. The zero-order valence-corrected chi connectivity index (χ0v) is 17.4. The van der Waals surface area contributed by atoms with Crippen LogP contribution in [0, 0.1) is 12.8 Å². The molecule has 1 saturated heterocycles. The quantitative estimate of drug-likeness (QED) is 0.708. The maximum absolute atomic E-state index is 13.5. The third-order valence-corrected chi connectivity index (χ3v) is 8.13. The number of rotatable bonds is 7. The molecule has 1 aliphatic heterocycles. The summed E-state index contributed by atoms with van der Waals surface area (Å²) in [6, 6.07) is 7.31. The molecule has 152 valence electrons. The molecule has 1 saturated carbocycles. The van der Waals surface area contributed by atoms with Crippen LogP contribution in [-0.4, -0.2) is 48.3 Å². The van der Waals surface area contributed by atoms with Crippen LogP contribution in [0.1, 0.15) is 31.9 Å². The number of hydrogen-bond acceptors (Lipinski definition) is 5. The van der Waals surface area contributed by atoms with Crippen LogP contribution in [0.4, 0.5) is 0 Å². The summed E-state index contributed by atoms with van der Waals surface area (Å²) in [5, 5.41) is 4.24. The van der Waals surface area contributed by atoms with Crippen molar-refractivity contribution in [2.24, 2.45) is 5.92 Å². The molecular formula is C20H27N3O4S. The third kappa shape index (κ3) is 3.18. The monoisotopic (exact) mass is 405 g/mol. The van der Waals surface area contributed by atoms with Gasteiger partial charge in [-0.15, -0.1) is 0 Å². The topological polar surface area (TPSA) is 73.7 Å². The van der Waals surface area contributed by atoms with E-state index in [1.165, 1.54) is 6.20 Å². The molecule has 1 aliphatic carbocycles. The van der Waals surface area contributed by atoms with E-state index in [0.29, 0.717) is 35.4 Å². The molecule has 3 atom stereocenters. The second-order valence-electron chi connectivity index (χ2n) is 7.53. The molecular weight excluding hydrogens is 378 g/mol. The smallest absolute Gasteiger partial charge is 0.247 e. The predicted octanol–water partition coefficient (Wildman–Crippen LogP) is 2.84. The zero-order valence-electron chi connectivity index (χ0n) is 16.5. The standard InChI is InChI=1S/C20H27N3O4S/c1-4-22-14(2)20(12-21-22)28(24,25)23-16-9-8-15(10-16)19(23)13-27-18-7-5-6-17(11-18)26-3/h5-7,11-12,15-16,19H,4,8-10,13H2,1-3H3/t15-,16-,19+/m1/s1.